The van der Waals surface area contributed by atoms with Crippen LogP contribution in [0.5, 0.6) is 0 Å². The highest BCUT2D eigenvalue weighted by molar-refractivity contribution is 9.10. The maximum absolute atomic E-state index is 12.6. The van der Waals surface area contributed by atoms with Gasteiger partial charge in [0.25, 0.3) is 5.91 Å². The Morgan fingerprint density at radius 3 is 2.79 bits per heavy atom. The van der Waals surface area contributed by atoms with Gasteiger partial charge in [0.05, 0.1) is 23.5 Å². The third kappa shape index (κ3) is 4.12. The molecule has 7 heteroatoms. The summed E-state index contributed by atoms with van der Waals surface area (Å²) in [5.41, 5.74) is 4.34. The lowest BCUT2D eigenvalue weighted by molar-refractivity contribution is -0.110. The van der Waals surface area contributed by atoms with Crippen LogP contribution >= 0.6 is 15.9 Å². The quantitative estimate of drug-likeness (QED) is 0.628. The number of likely N-dealkylation sites (tertiary alicyclic amines) is 1. The molecule has 2 aliphatic heterocycles. The Bertz CT molecular complexity index is 940. The summed E-state index contributed by atoms with van der Waals surface area (Å²) in [5.74, 6) is -0.0594. The normalized spacial score (nSPS) is 19.4. The molecule has 0 spiro atoms. The van der Waals surface area contributed by atoms with Crippen LogP contribution < -0.4 is 10.6 Å². The Hall–Kier alpha value is -2.12. The molecule has 0 atom stereocenters. The fourth-order valence-electron chi connectivity index (χ4n) is 4.21. The summed E-state index contributed by atoms with van der Waals surface area (Å²) in [7, 11) is 0. The van der Waals surface area contributed by atoms with Gasteiger partial charge in [0, 0.05) is 46.7 Å². The second-order valence-corrected chi connectivity index (χ2v) is 8.96. The van der Waals surface area contributed by atoms with Gasteiger partial charge in [0.2, 0.25) is 0 Å². The molecule has 0 radical (unpaired) electrons. The molecule has 2 N–H and O–H groups in total. The molecule has 1 aromatic carbocycles. The van der Waals surface area contributed by atoms with Crippen LogP contribution in [0, 0.1) is 0 Å². The number of rotatable bonds is 5. The lowest BCUT2D eigenvalue weighted by atomic mass is 10.0. The molecule has 4 rings (SSSR count). The van der Waals surface area contributed by atoms with Crippen molar-refractivity contribution in [1.82, 2.24) is 14.7 Å². The minimum atomic E-state index is -0.0594. The number of carbonyl (C=O) groups excluding carboxylic acids is 1. The molecule has 6 nitrogen and oxygen atoms in total. The average Bonchev–Trinajstić information content (AvgIpc) is 3.30. The Morgan fingerprint density at radius 2 is 2.10 bits per heavy atom. The van der Waals surface area contributed by atoms with Crippen molar-refractivity contribution in [2.24, 2.45) is 0 Å². The minimum absolute atomic E-state index is 0.0594. The van der Waals surface area contributed by atoms with Crippen LogP contribution in [0.25, 0.3) is 5.57 Å². The number of hydrogen-bond donors (Lipinski definition) is 2. The van der Waals surface area contributed by atoms with Crippen molar-refractivity contribution in [3.8, 4) is 0 Å². The number of amides is 1. The highest BCUT2D eigenvalue weighted by atomic mass is 79.9. The number of benzene rings is 1. The average molecular weight is 458 g/mol. The van der Waals surface area contributed by atoms with Crippen LogP contribution in [0.1, 0.15) is 51.6 Å². The summed E-state index contributed by atoms with van der Waals surface area (Å²) >= 11 is 3.51. The number of allylic oxidation sites excluding steroid dienone is 1. The highest BCUT2D eigenvalue weighted by Gasteiger charge is 2.28. The van der Waals surface area contributed by atoms with Gasteiger partial charge in [-0.25, -0.2) is 0 Å². The van der Waals surface area contributed by atoms with Crippen LogP contribution in [0.15, 0.2) is 40.8 Å². The number of hydrogen-bond acceptors (Lipinski definition) is 4. The van der Waals surface area contributed by atoms with Crippen molar-refractivity contribution in [2.45, 2.75) is 52.1 Å². The van der Waals surface area contributed by atoms with Gasteiger partial charge in [-0.05, 0) is 51.3 Å². The van der Waals surface area contributed by atoms with E-state index >= 15 is 0 Å². The zero-order chi connectivity index (χ0) is 20.5. The Morgan fingerprint density at radius 1 is 1.34 bits per heavy atom. The van der Waals surface area contributed by atoms with E-state index in [1.807, 2.05) is 24.4 Å². The molecule has 0 bridgehead atoms. The molecule has 1 amide bonds. The Labute approximate surface area is 180 Å². The molecule has 3 heterocycles. The number of fused-ring (bicyclic) bond motifs is 1. The first-order valence-electron chi connectivity index (χ1n) is 10.4. The number of halogens is 1. The monoisotopic (exact) mass is 457 g/mol. The summed E-state index contributed by atoms with van der Waals surface area (Å²) in [6, 6.07) is 6.90. The van der Waals surface area contributed by atoms with E-state index < -0.39 is 0 Å². The van der Waals surface area contributed by atoms with Crippen molar-refractivity contribution < 1.29 is 4.79 Å². The van der Waals surface area contributed by atoms with Crippen LogP contribution in [0.2, 0.25) is 0 Å². The van der Waals surface area contributed by atoms with Crippen LogP contribution in [-0.2, 0) is 4.79 Å². The maximum Gasteiger partial charge on any atom is 0.258 e. The van der Waals surface area contributed by atoms with Gasteiger partial charge in [-0.1, -0.05) is 22.9 Å². The molecule has 0 unspecified atom stereocenters. The van der Waals surface area contributed by atoms with Gasteiger partial charge in [-0.2, -0.15) is 5.10 Å². The topological polar surface area (TPSA) is 62.2 Å². The second-order valence-electron chi connectivity index (χ2n) is 8.05. The van der Waals surface area contributed by atoms with E-state index in [0.717, 1.165) is 59.5 Å². The molecule has 29 heavy (non-hydrogen) atoms. The lowest BCUT2D eigenvalue weighted by Crippen LogP contribution is -2.39. The van der Waals surface area contributed by atoms with E-state index in [-0.39, 0.29) is 5.91 Å². The Kier molecular flexibility index (Phi) is 5.79. The SMILES string of the molecule is CC/C(Nc1cnn(C2CCN(C(C)C)CC2)c1)=C1/C(=O)Nc2ccc(Br)cc21. The molecule has 0 saturated carbocycles. The first-order valence-corrected chi connectivity index (χ1v) is 11.1. The molecule has 154 valence electrons. The van der Waals surface area contributed by atoms with Crippen molar-refractivity contribution in [1.29, 1.82) is 0 Å². The molecular weight excluding hydrogens is 430 g/mol. The van der Waals surface area contributed by atoms with Crippen LogP contribution in [-0.4, -0.2) is 39.7 Å². The number of nitrogens with one attached hydrogen (secondary N) is 2. The van der Waals surface area contributed by atoms with E-state index in [9.17, 15) is 4.79 Å². The smallest absolute Gasteiger partial charge is 0.258 e. The molecule has 1 fully saturated rings. The fourth-order valence-corrected chi connectivity index (χ4v) is 4.57. The fraction of sp³-hybridized carbons (Fsp3) is 0.455. The van der Waals surface area contributed by atoms with Gasteiger partial charge in [0.15, 0.2) is 0 Å². The predicted octanol–water partition coefficient (Wildman–Crippen LogP) is 4.88. The zero-order valence-corrected chi connectivity index (χ0v) is 18.8. The molecule has 2 aliphatic rings. The van der Waals surface area contributed by atoms with Crippen LogP contribution in [0.3, 0.4) is 0 Å². The first-order chi connectivity index (χ1) is 14.0. The minimum Gasteiger partial charge on any atom is -0.356 e. The summed E-state index contributed by atoms with van der Waals surface area (Å²) in [6.45, 7) is 8.80. The highest BCUT2D eigenvalue weighted by Crippen LogP contribution is 2.37. The van der Waals surface area contributed by atoms with E-state index in [4.69, 9.17) is 0 Å². The molecule has 1 aromatic heterocycles. The molecule has 0 aliphatic carbocycles. The van der Waals surface area contributed by atoms with E-state index in [2.05, 4.69) is 68.2 Å². The van der Waals surface area contributed by atoms with Crippen molar-refractivity contribution in [3.05, 3.63) is 46.3 Å². The van der Waals surface area contributed by atoms with Crippen molar-refractivity contribution in [2.75, 3.05) is 23.7 Å². The van der Waals surface area contributed by atoms with Gasteiger partial charge in [-0.15, -0.1) is 0 Å². The largest absolute Gasteiger partial charge is 0.356 e. The molecular formula is C22H28BrN5O. The van der Waals surface area contributed by atoms with Gasteiger partial charge in [-0.3, -0.25) is 9.48 Å². The summed E-state index contributed by atoms with van der Waals surface area (Å²) < 4.78 is 3.04. The summed E-state index contributed by atoms with van der Waals surface area (Å²) in [4.78, 5) is 15.1. The summed E-state index contributed by atoms with van der Waals surface area (Å²) in [6.07, 6.45) is 6.89. The van der Waals surface area contributed by atoms with Crippen molar-refractivity contribution in [3.63, 3.8) is 0 Å². The first kappa shape index (κ1) is 20.2. The standard InChI is InChI=1S/C22H28BrN5O/c1-4-19(21-18-11-15(23)5-6-20(18)26-22(21)29)25-16-12-24-28(13-16)17-7-9-27(10-8-17)14(2)3/h5-6,11-14,17,25H,4,7-10H2,1-3H3,(H,26,29)/b21-19-. The number of piperidine rings is 1. The zero-order valence-electron chi connectivity index (χ0n) is 17.2. The van der Waals surface area contributed by atoms with E-state index in [1.54, 1.807) is 0 Å². The van der Waals surface area contributed by atoms with Crippen molar-refractivity contribution >= 4 is 38.8 Å². The van der Waals surface area contributed by atoms with Crippen LogP contribution in [0.4, 0.5) is 11.4 Å². The number of aromatic nitrogens is 2. The van der Waals surface area contributed by atoms with E-state index in [1.165, 1.54) is 0 Å². The van der Waals surface area contributed by atoms with E-state index in [0.29, 0.717) is 17.7 Å². The van der Waals surface area contributed by atoms with Gasteiger partial charge >= 0.3 is 0 Å². The second kappa shape index (κ2) is 8.32. The Balaban J connectivity index is 1.53. The number of anilines is 2. The predicted molar refractivity (Wildman–Crippen MR) is 121 cm³/mol. The van der Waals surface area contributed by atoms with Gasteiger partial charge in [0.1, 0.15) is 0 Å². The number of nitrogens with zero attached hydrogens (tertiary/aromatic N) is 3. The van der Waals surface area contributed by atoms with Gasteiger partial charge < -0.3 is 15.5 Å². The molecule has 2 aromatic rings. The third-order valence-electron chi connectivity index (χ3n) is 5.88. The number of carbonyl (C=O) groups is 1. The maximum atomic E-state index is 12.6. The lowest BCUT2D eigenvalue weighted by Gasteiger charge is -2.34. The summed E-state index contributed by atoms with van der Waals surface area (Å²) in [5, 5.41) is 11.0. The molecule has 1 saturated heterocycles. The third-order valence-corrected chi connectivity index (χ3v) is 6.38.